The van der Waals surface area contributed by atoms with Crippen molar-refractivity contribution in [3.05, 3.63) is 59.5 Å². The first-order valence-corrected chi connectivity index (χ1v) is 7.18. The highest BCUT2D eigenvalue weighted by atomic mass is 32.1. The third-order valence-corrected chi connectivity index (χ3v) is 3.68. The summed E-state index contributed by atoms with van der Waals surface area (Å²) in [6.07, 6.45) is 8.19. The Bertz CT molecular complexity index is 789. The van der Waals surface area contributed by atoms with E-state index < -0.39 is 0 Å². The smallest absolute Gasteiger partial charge is 0.189 e. The first-order valence-electron chi connectivity index (χ1n) is 6.30. The Morgan fingerprint density at radius 3 is 3.00 bits per heavy atom. The molecule has 0 amide bonds. The molecule has 104 valence electrons. The van der Waals surface area contributed by atoms with Gasteiger partial charge in [-0.25, -0.2) is 4.98 Å². The van der Waals surface area contributed by atoms with E-state index in [1.165, 1.54) is 17.4 Å². The highest BCUT2D eigenvalue weighted by Gasteiger charge is 2.06. The summed E-state index contributed by atoms with van der Waals surface area (Å²) in [6, 6.07) is 5.70. The van der Waals surface area contributed by atoms with Crippen LogP contribution in [-0.4, -0.2) is 25.5 Å². The fourth-order valence-corrected chi connectivity index (χ4v) is 2.54. The summed E-state index contributed by atoms with van der Waals surface area (Å²) in [7, 11) is 1.78. The van der Waals surface area contributed by atoms with E-state index in [-0.39, 0.29) is 5.78 Å². The number of hydrogen-bond acceptors (Lipinski definition) is 5. The fourth-order valence-electron chi connectivity index (χ4n) is 1.78. The average Bonchev–Trinajstić information content (AvgIpc) is 3.15. The molecule has 0 aliphatic heterocycles. The van der Waals surface area contributed by atoms with E-state index in [0.29, 0.717) is 5.56 Å². The summed E-state index contributed by atoms with van der Waals surface area (Å²) in [5, 5.41) is 6.71. The fraction of sp³-hybridized carbons (Fsp3) is 0.0667. The summed E-state index contributed by atoms with van der Waals surface area (Å²) >= 11 is 1.50. The van der Waals surface area contributed by atoms with Gasteiger partial charge in [0.25, 0.3) is 0 Å². The zero-order valence-electron chi connectivity index (χ0n) is 11.3. The molecule has 0 aliphatic rings. The SMILES string of the molecule is Cn1cc(C(=O)/C=C/c2csc(-c3ccccn3)n2)cn1. The molecular weight excluding hydrogens is 284 g/mol. The Morgan fingerprint density at radius 1 is 1.38 bits per heavy atom. The maximum atomic E-state index is 11.9. The maximum absolute atomic E-state index is 11.9. The molecule has 21 heavy (non-hydrogen) atoms. The van der Waals surface area contributed by atoms with Gasteiger partial charge in [-0.3, -0.25) is 14.5 Å². The number of hydrogen-bond donors (Lipinski definition) is 0. The van der Waals surface area contributed by atoms with Gasteiger partial charge in [-0.2, -0.15) is 5.10 Å². The Balaban J connectivity index is 1.75. The molecule has 0 saturated carbocycles. The molecule has 0 fully saturated rings. The van der Waals surface area contributed by atoms with E-state index in [9.17, 15) is 4.79 Å². The summed E-state index contributed by atoms with van der Waals surface area (Å²) in [5.41, 5.74) is 2.15. The van der Waals surface area contributed by atoms with Crippen LogP contribution in [0.3, 0.4) is 0 Å². The van der Waals surface area contributed by atoms with Gasteiger partial charge in [0.05, 0.1) is 23.1 Å². The number of nitrogens with zero attached hydrogens (tertiary/aromatic N) is 4. The van der Waals surface area contributed by atoms with Crippen LogP contribution in [0, 0.1) is 0 Å². The van der Waals surface area contributed by atoms with Crippen LogP contribution in [0.4, 0.5) is 0 Å². The Morgan fingerprint density at radius 2 is 2.29 bits per heavy atom. The van der Waals surface area contributed by atoms with Gasteiger partial charge in [-0.05, 0) is 24.3 Å². The molecule has 0 aliphatic carbocycles. The minimum atomic E-state index is -0.0875. The van der Waals surface area contributed by atoms with E-state index in [1.807, 2.05) is 23.6 Å². The molecule has 0 unspecified atom stereocenters. The third-order valence-electron chi connectivity index (χ3n) is 2.80. The highest BCUT2D eigenvalue weighted by Crippen LogP contribution is 2.21. The van der Waals surface area contributed by atoms with Gasteiger partial charge in [0.1, 0.15) is 5.01 Å². The second-order valence-electron chi connectivity index (χ2n) is 4.39. The van der Waals surface area contributed by atoms with Crippen molar-refractivity contribution in [1.82, 2.24) is 19.7 Å². The van der Waals surface area contributed by atoms with Crippen molar-refractivity contribution in [2.24, 2.45) is 7.05 Å². The maximum Gasteiger partial charge on any atom is 0.189 e. The molecule has 3 aromatic heterocycles. The van der Waals surface area contributed by atoms with Crippen LogP contribution in [0.25, 0.3) is 16.8 Å². The molecule has 0 atom stereocenters. The van der Waals surface area contributed by atoms with Gasteiger partial charge in [0.2, 0.25) is 0 Å². The number of aryl methyl sites for hydroxylation is 1. The Labute approximate surface area is 125 Å². The van der Waals surface area contributed by atoms with E-state index in [4.69, 9.17) is 0 Å². The normalized spacial score (nSPS) is 11.1. The van der Waals surface area contributed by atoms with Crippen molar-refractivity contribution in [3.63, 3.8) is 0 Å². The van der Waals surface area contributed by atoms with Crippen molar-refractivity contribution < 1.29 is 4.79 Å². The van der Waals surface area contributed by atoms with Crippen molar-refractivity contribution in [3.8, 4) is 10.7 Å². The van der Waals surface area contributed by atoms with Crippen LogP contribution in [0.2, 0.25) is 0 Å². The number of rotatable bonds is 4. The number of thiazole rings is 1. The van der Waals surface area contributed by atoms with E-state index >= 15 is 0 Å². The number of carbonyl (C=O) groups excluding carboxylic acids is 1. The number of pyridine rings is 1. The quantitative estimate of drug-likeness (QED) is 0.548. The molecule has 0 bridgehead atoms. The van der Waals surface area contributed by atoms with E-state index in [2.05, 4.69) is 15.1 Å². The minimum absolute atomic E-state index is 0.0875. The van der Waals surface area contributed by atoms with Gasteiger partial charge in [-0.1, -0.05) is 6.07 Å². The van der Waals surface area contributed by atoms with Crippen molar-refractivity contribution in [1.29, 1.82) is 0 Å². The highest BCUT2D eigenvalue weighted by molar-refractivity contribution is 7.13. The molecule has 0 saturated heterocycles. The molecule has 0 spiro atoms. The zero-order valence-corrected chi connectivity index (χ0v) is 12.1. The molecular formula is C15H12N4OS. The van der Waals surface area contributed by atoms with Gasteiger partial charge in [0, 0.05) is 24.8 Å². The largest absolute Gasteiger partial charge is 0.289 e. The van der Waals surface area contributed by atoms with Gasteiger partial charge >= 0.3 is 0 Å². The first kappa shape index (κ1) is 13.4. The zero-order chi connectivity index (χ0) is 14.7. The van der Waals surface area contributed by atoms with Gasteiger partial charge < -0.3 is 0 Å². The lowest BCUT2D eigenvalue weighted by molar-refractivity contribution is 0.104. The summed E-state index contributed by atoms with van der Waals surface area (Å²) < 4.78 is 1.60. The molecule has 5 nitrogen and oxygen atoms in total. The van der Waals surface area contributed by atoms with Crippen LogP contribution >= 0.6 is 11.3 Å². The minimum Gasteiger partial charge on any atom is -0.289 e. The summed E-state index contributed by atoms with van der Waals surface area (Å²) in [5.74, 6) is -0.0875. The standard InChI is InChI=1S/C15H12N4OS/c1-19-9-11(8-17-19)14(20)6-5-12-10-21-15(18-12)13-4-2-3-7-16-13/h2-10H,1H3/b6-5+. The monoisotopic (exact) mass is 296 g/mol. The Kier molecular flexibility index (Phi) is 3.70. The summed E-state index contributed by atoms with van der Waals surface area (Å²) in [6.45, 7) is 0. The van der Waals surface area contributed by atoms with Crippen molar-refractivity contribution >= 4 is 23.2 Å². The molecule has 0 N–H and O–H groups in total. The van der Waals surface area contributed by atoms with Crippen LogP contribution in [0.15, 0.2) is 48.2 Å². The predicted molar refractivity (Wildman–Crippen MR) is 81.9 cm³/mol. The molecule has 3 rings (SSSR count). The molecule has 6 heteroatoms. The van der Waals surface area contributed by atoms with Crippen molar-refractivity contribution in [2.75, 3.05) is 0 Å². The third kappa shape index (κ3) is 3.11. The van der Waals surface area contributed by atoms with Crippen LogP contribution in [0.1, 0.15) is 16.1 Å². The lowest BCUT2D eigenvalue weighted by Crippen LogP contribution is -1.91. The van der Waals surface area contributed by atoms with E-state index in [1.54, 1.807) is 36.4 Å². The van der Waals surface area contributed by atoms with Gasteiger partial charge in [-0.15, -0.1) is 11.3 Å². The lowest BCUT2D eigenvalue weighted by atomic mass is 10.2. The molecule has 0 aromatic carbocycles. The molecule has 0 radical (unpaired) electrons. The van der Waals surface area contributed by atoms with E-state index in [0.717, 1.165) is 16.4 Å². The second-order valence-corrected chi connectivity index (χ2v) is 5.25. The molecule has 3 aromatic rings. The van der Waals surface area contributed by atoms with Crippen LogP contribution in [-0.2, 0) is 7.05 Å². The summed E-state index contributed by atoms with van der Waals surface area (Å²) in [4.78, 5) is 20.6. The number of aromatic nitrogens is 4. The number of carbonyl (C=O) groups is 1. The van der Waals surface area contributed by atoms with Crippen LogP contribution < -0.4 is 0 Å². The predicted octanol–water partition coefficient (Wildman–Crippen LogP) is 2.83. The first-order chi connectivity index (χ1) is 10.2. The van der Waals surface area contributed by atoms with Gasteiger partial charge in [0.15, 0.2) is 5.78 Å². The topological polar surface area (TPSA) is 60.7 Å². The second kappa shape index (κ2) is 5.80. The Hall–Kier alpha value is -2.60. The average molecular weight is 296 g/mol. The number of ketones is 1. The van der Waals surface area contributed by atoms with Crippen LogP contribution in [0.5, 0.6) is 0 Å². The number of allylic oxidation sites excluding steroid dienone is 1. The van der Waals surface area contributed by atoms with Crippen molar-refractivity contribution in [2.45, 2.75) is 0 Å². The molecule has 3 heterocycles. The lowest BCUT2D eigenvalue weighted by Gasteiger charge is -1.92.